The highest BCUT2D eigenvalue weighted by molar-refractivity contribution is 6.45. The van der Waals surface area contributed by atoms with Crippen molar-refractivity contribution in [1.29, 1.82) is 0 Å². The van der Waals surface area contributed by atoms with Gasteiger partial charge in [0.25, 0.3) is 0 Å². The van der Waals surface area contributed by atoms with Gasteiger partial charge in [0.05, 0.1) is 0 Å². The summed E-state index contributed by atoms with van der Waals surface area (Å²) in [6, 6.07) is 0. The number of carboxylic acid groups (broad SMARTS) is 1. The number of carbonyl (C=O) groups is 1. The van der Waals surface area contributed by atoms with E-state index in [9.17, 15) is 4.79 Å². The van der Waals surface area contributed by atoms with Gasteiger partial charge < -0.3 is 16.7 Å². The van der Waals surface area contributed by atoms with Crippen molar-refractivity contribution in [2.75, 3.05) is 0 Å². The summed E-state index contributed by atoms with van der Waals surface area (Å²) in [5.41, 5.74) is 5.06. The smallest absolute Gasteiger partial charge is 0.332 e. The highest BCUT2D eigenvalue weighted by Gasteiger charge is 2.35. The van der Waals surface area contributed by atoms with Gasteiger partial charge in [-0.15, -0.1) is 0 Å². The molecule has 58 valence electrons. The lowest BCUT2D eigenvalue weighted by Crippen LogP contribution is -2.43. The van der Waals surface area contributed by atoms with E-state index < -0.39 is 10.8 Å². The summed E-state index contributed by atoms with van der Waals surface area (Å²) in [5.74, 6) is 3.12. The fourth-order valence-electron chi connectivity index (χ4n) is 0.231. The van der Waals surface area contributed by atoms with Crippen molar-refractivity contribution in [3.8, 4) is 0 Å². The number of halogens is 1. The van der Waals surface area contributed by atoms with Crippen molar-refractivity contribution in [3.63, 3.8) is 0 Å². The molecule has 0 spiro atoms. The maximum Gasteiger partial charge on any atom is 0.332 e. The minimum atomic E-state index is -1.70. The monoisotopic (exact) mass is 165 g/mol. The number of nitrogens with zero attached hydrogens (tertiary/aromatic N) is 1. The first kappa shape index (κ1) is 9.03. The summed E-state index contributed by atoms with van der Waals surface area (Å²) in [6.45, 7) is 1.20. The molecule has 0 heterocycles. The maximum absolute atomic E-state index is 10.3. The number of alkyl halides is 1. The van der Waals surface area contributed by atoms with Gasteiger partial charge in [0.2, 0.25) is 0 Å². The Morgan fingerprint density at radius 3 is 2.30 bits per heavy atom. The highest BCUT2D eigenvalue weighted by Crippen LogP contribution is 2.13. The first-order valence-electron chi connectivity index (χ1n) is 2.39. The summed E-state index contributed by atoms with van der Waals surface area (Å²) in [7, 11) is 0. The van der Waals surface area contributed by atoms with Crippen molar-refractivity contribution in [2.24, 2.45) is 16.7 Å². The lowest BCUT2D eigenvalue weighted by molar-refractivity contribution is -0.137. The molecule has 0 bridgehead atoms. The fraction of sp³-hybridized carbons (Fsp3) is 0.500. The number of rotatable bonds is 2. The molecule has 1 atom stereocenters. The van der Waals surface area contributed by atoms with Gasteiger partial charge in [-0.2, -0.15) is 5.10 Å². The van der Waals surface area contributed by atoms with Gasteiger partial charge in [-0.3, -0.25) is 0 Å². The molecular formula is C4H8ClN3O2. The number of hydrogen-bond donors (Lipinski definition) is 3. The first-order chi connectivity index (χ1) is 4.42. The predicted molar refractivity (Wildman–Crippen MR) is 37.7 cm³/mol. The fourth-order valence-corrected chi connectivity index (χ4v) is 0.280. The van der Waals surface area contributed by atoms with Crippen LogP contribution in [0.3, 0.4) is 0 Å². The second kappa shape index (κ2) is 2.74. The van der Waals surface area contributed by atoms with E-state index in [1.165, 1.54) is 6.92 Å². The Bertz CT molecular complexity index is 177. The van der Waals surface area contributed by atoms with Gasteiger partial charge >= 0.3 is 5.97 Å². The molecule has 0 rings (SSSR count). The number of carboxylic acids is 1. The predicted octanol–water partition coefficient (Wildman–Crippen LogP) is -0.701. The zero-order valence-corrected chi connectivity index (χ0v) is 6.09. The van der Waals surface area contributed by atoms with Crippen molar-refractivity contribution in [1.82, 2.24) is 0 Å². The van der Waals surface area contributed by atoms with E-state index in [1.54, 1.807) is 0 Å². The zero-order valence-electron chi connectivity index (χ0n) is 5.34. The van der Waals surface area contributed by atoms with Gasteiger partial charge in [-0.05, 0) is 6.92 Å². The molecule has 0 saturated carbocycles. The van der Waals surface area contributed by atoms with Crippen LogP contribution in [0, 0.1) is 0 Å². The topological polar surface area (TPSA) is 102 Å². The SMILES string of the molecule is CC(Cl)(C(=O)O)C(N)=NN. The average molecular weight is 166 g/mol. The number of amidine groups is 1. The molecular weight excluding hydrogens is 158 g/mol. The molecule has 0 aliphatic carbocycles. The largest absolute Gasteiger partial charge is 0.480 e. The van der Waals surface area contributed by atoms with E-state index in [0.29, 0.717) is 0 Å². The Kier molecular flexibility index (Phi) is 2.48. The van der Waals surface area contributed by atoms with Crippen molar-refractivity contribution >= 4 is 23.4 Å². The summed E-state index contributed by atoms with van der Waals surface area (Å²) in [6.07, 6.45) is 0. The molecule has 1 unspecified atom stereocenters. The van der Waals surface area contributed by atoms with Crippen LogP contribution in [-0.4, -0.2) is 21.8 Å². The Balaban J connectivity index is 4.56. The molecule has 0 aliphatic heterocycles. The van der Waals surface area contributed by atoms with E-state index >= 15 is 0 Å². The third kappa shape index (κ3) is 1.51. The Labute approximate surface area is 62.6 Å². The van der Waals surface area contributed by atoms with Crippen LogP contribution in [0.2, 0.25) is 0 Å². The molecule has 5 nitrogen and oxygen atoms in total. The first-order valence-corrected chi connectivity index (χ1v) is 2.77. The molecule has 0 aromatic heterocycles. The molecule has 10 heavy (non-hydrogen) atoms. The van der Waals surface area contributed by atoms with E-state index in [0.717, 1.165) is 0 Å². The van der Waals surface area contributed by atoms with E-state index in [-0.39, 0.29) is 5.84 Å². The average Bonchev–Trinajstić information content (AvgIpc) is 1.86. The number of hydrazone groups is 1. The summed E-state index contributed by atoms with van der Waals surface area (Å²) >= 11 is 5.39. The van der Waals surface area contributed by atoms with E-state index in [4.69, 9.17) is 28.3 Å². The summed E-state index contributed by atoms with van der Waals surface area (Å²) in [4.78, 5) is 8.57. The second-order valence-electron chi connectivity index (χ2n) is 1.82. The van der Waals surface area contributed by atoms with Crippen LogP contribution >= 0.6 is 11.6 Å². The van der Waals surface area contributed by atoms with Crippen molar-refractivity contribution in [3.05, 3.63) is 0 Å². The van der Waals surface area contributed by atoms with Crippen molar-refractivity contribution < 1.29 is 9.90 Å². The van der Waals surface area contributed by atoms with E-state index in [1.807, 2.05) is 0 Å². The summed E-state index contributed by atoms with van der Waals surface area (Å²) in [5, 5.41) is 11.4. The van der Waals surface area contributed by atoms with Crippen LogP contribution in [0.15, 0.2) is 5.10 Å². The Morgan fingerprint density at radius 2 is 2.20 bits per heavy atom. The molecule has 5 N–H and O–H groups in total. The van der Waals surface area contributed by atoms with Crippen molar-refractivity contribution in [2.45, 2.75) is 11.8 Å². The lowest BCUT2D eigenvalue weighted by atomic mass is 10.1. The van der Waals surface area contributed by atoms with Gasteiger partial charge in [-0.25, -0.2) is 4.79 Å². The van der Waals surface area contributed by atoms with Gasteiger partial charge in [-0.1, -0.05) is 11.6 Å². The molecule has 0 radical (unpaired) electrons. The molecule has 0 saturated heterocycles. The molecule has 0 amide bonds. The maximum atomic E-state index is 10.3. The molecule has 0 aromatic carbocycles. The second-order valence-corrected chi connectivity index (χ2v) is 2.58. The third-order valence-electron chi connectivity index (χ3n) is 1.02. The molecule has 6 heteroatoms. The summed E-state index contributed by atoms with van der Waals surface area (Å²) < 4.78 is 0. The molecule has 0 aromatic rings. The standard InChI is InChI=1S/C4H8ClN3O2/c1-4(5,3(9)10)2(6)8-7/h7H2,1H3,(H2,6,8)(H,9,10). The van der Waals surface area contributed by atoms with Crippen LogP contribution in [0.1, 0.15) is 6.92 Å². The quantitative estimate of drug-likeness (QED) is 0.166. The Hall–Kier alpha value is -0.970. The molecule has 0 fully saturated rings. The minimum absolute atomic E-state index is 0.318. The van der Waals surface area contributed by atoms with Crippen LogP contribution in [0.5, 0.6) is 0 Å². The number of hydrogen-bond acceptors (Lipinski definition) is 3. The van der Waals surface area contributed by atoms with Crippen LogP contribution in [0.25, 0.3) is 0 Å². The lowest BCUT2D eigenvalue weighted by Gasteiger charge is -2.13. The third-order valence-corrected chi connectivity index (χ3v) is 1.38. The highest BCUT2D eigenvalue weighted by atomic mass is 35.5. The minimum Gasteiger partial charge on any atom is -0.480 e. The van der Waals surface area contributed by atoms with Gasteiger partial charge in [0.1, 0.15) is 0 Å². The Morgan fingerprint density at radius 1 is 1.80 bits per heavy atom. The number of nitrogens with two attached hydrogens (primary N) is 2. The molecule has 0 aliphatic rings. The zero-order chi connectivity index (χ0) is 8.36. The normalized spacial score (nSPS) is 18.0. The van der Waals surface area contributed by atoms with E-state index in [2.05, 4.69) is 5.10 Å². The van der Waals surface area contributed by atoms with Gasteiger partial charge in [0.15, 0.2) is 10.7 Å². The number of aliphatic carboxylic acids is 1. The van der Waals surface area contributed by atoms with Crippen LogP contribution < -0.4 is 11.6 Å². The van der Waals surface area contributed by atoms with Crippen LogP contribution in [-0.2, 0) is 4.79 Å². The van der Waals surface area contributed by atoms with Gasteiger partial charge in [0, 0.05) is 0 Å². The van der Waals surface area contributed by atoms with Crippen LogP contribution in [0.4, 0.5) is 0 Å².